The van der Waals surface area contributed by atoms with Crippen molar-refractivity contribution in [3.8, 4) is 0 Å². The molecule has 25 heteroatoms. The highest BCUT2D eigenvalue weighted by atomic mass is 31.2. The molecule has 242 valence electrons. The topological polar surface area (TPSA) is 330 Å². The summed E-state index contributed by atoms with van der Waals surface area (Å²) in [5, 5.41) is 22.1. The van der Waals surface area contributed by atoms with E-state index in [0.717, 1.165) is 17.2 Å². The number of fused-ring (bicyclic) bond motifs is 5. The highest BCUT2D eigenvalue weighted by Gasteiger charge is 2.54. The van der Waals surface area contributed by atoms with Gasteiger partial charge in [-0.05, 0) is 0 Å². The average molecular weight is 674 g/mol. The SMILES string of the molecule is Nc1nc2c(ncn2[C@@H]2O[C@@H]3COP(=O)(O)OC4[C@@H](O)[C@@H](COP(=O)(O)OC3[C@@H]2O)O[C@H]4n2cnc3c(N)ncnc32)c(=O)[nH]1. The molecule has 7 heterocycles. The molecule has 10 atom stereocenters. The van der Waals surface area contributed by atoms with Crippen molar-refractivity contribution in [3.05, 3.63) is 29.3 Å². The van der Waals surface area contributed by atoms with E-state index in [2.05, 4.69) is 29.9 Å². The lowest BCUT2D eigenvalue weighted by molar-refractivity contribution is -0.0672. The third-order valence-electron chi connectivity index (χ3n) is 7.32. The predicted octanol–water partition coefficient (Wildman–Crippen LogP) is -2.34. The van der Waals surface area contributed by atoms with Gasteiger partial charge in [0.05, 0.1) is 25.9 Å². The van der Waals surface area contributed by atoms with Crippen LogP contribution in [0.5, 0.6) is 0 Å². The second kappa shape index (κ2) is 10.8. The van der Waals surface area contributed by atoms with E-state index < -0.39 is 83.5 Å². The van der Waals surface area contributed by atoms with Gasteiger partial charge in [-0.25, -0.2) is 29.1 Å². The Hall–Kier alpha value is -3.44. The van der Waals surface area contributed by atoms with Gasteiger partial charge >= 0.3 is 15.6 Å². The Morgan fingerprint density at radius 1 is 0.822 bits per heavy atom. The molecule has 0 amide bonds. The lowest BCUT2D eigenvalue weighted by atomic mass is 10.1. The van der Waals surface area contributed by atoms with Crippen LogP contribution >= 0.6 is 15.6 Å². The van der Waals surface area contributed by atoms with Crippen LogP contribution in [0.25, 0.3) is 22.3 Å². The van der Waals surface area contributed by atoms with Gasteiger partial charge in [-0.15, -0.1) is 0 Å². The summed E-state index contributed by atoms with van der Waals surface area (Å²) < 4.78 is 61.1. The largest absolute Gasteiger partial charge is 0.472 e. The number of nitrogens with zero attached hydrogens (tertiary/aromatic N) is 7. The maximum atomic E-state index is 13.2. The lowest BCUT2D eigenvalue weighted by Crippen LogP contribution is -2.36. The van der Waals surface area contributed by atoms with Crippen LogP contribution in [0, 0.1) is 0 Å². The molecule has 4 unspecified atom stereocenters. The number of aromatic amines is 1. The minimum absolute atomic E-state index is 0.0210. The molecule has 23 nitrogen and oxygen atoms in total. The summed E-state index contributed by atoms with van der Waals surface area (Å²) in [7, 11) is -10.2. The highest BCUT2D eigenvalue weighted by Crippen LogP contribution is 2.53. The van der Waals surface area contributed by atoms with Gasteiger partial charge in [-0.1, -0.05) is 0 Å². The van der Waals surface area contributed by atoms with Crippen LogP contribution in [0.2, 0.25) is 0 Å². The van der Waals surface area contributed by atoms with Crippen LogP contribution in [0.3, 0.4) is 0 Å². The van der Waals surface area contributed by atoms with Gasteiger partial charge in [0.1, 0.15) is 48.5 Å². The van der Waals surface area contributed by atoms with E-state index in [1.54, 1.807) is 0 Å². The second-order valence-electron chi connectivity index (χ2n) is 10.1. The number of hydrogen-bond donors (Lipinski definition) is 7. The minimum Gasteiger partial charge on any atom is -0.387 e. The first-order valence-corrected chi connectivity index (χ1v) is 15.9. The van der Waals surface area contributed by atoms with Gasteiger partial charge in [0.25, 0.3) is 5.56 Å². The Morgan fingerprint density at radius 3 is 2.18 bits per heavy atom. The van der Waals surface area contributed by atoms with E-state index in [9.17, 15) is 33.9 Å². The molecule has 3 aliphatic heterocycles. The molecule has 0 aromatic carbocycles. The van der Waals surface area contributed by atoms with E-state index in [1.165, 1.54) is 10.9 Å². The van der Waals surface area contributed by atoms with Crippen molar-refractivity contribution >= 4 is 49.7 Å². The number of anilines is 2. The standard InChI is InChI=1S/C20H24N10O13P2/c21-14-8-15(24-3-23-14)29(4-25-8)19-13-10(31)6(40-19)1-38-44(34,35)42-12-7(2-39-45(36,37)43-13)41-18(11(12)32)30-5-26-9-16(30)27-20(22)28-17(9)33/h3-7,10-13,18-19,31-32H,1-2H2,(H,34,35)(H,36,37)(H2,21,23,24)(H3,22,27,28,33)/t6-,7-,10+,11+,12?,13?,18-,19-/m1/s1. The van der Waals surface area contributed by atoms with E-state index >= 15 is 0 Å². The van der Waals surface area contributed by atoms with E-state index in [-0.39, 0.29) is 34.1 Å². The summed E-state index contributed by atoms with van der Waals surface area (Å²) in [6.07, 6.45) is -9.21. The van der Waals surface area contributed by atoms with Crippen LogP contribution in [0.15, 0.2) is 23.8 Å². The molecule has 3 saturated heterocycles. The zero-order chi connectivity index (χ0) is 31.8. The number of nitrogen functional groups attached to an aromatic ring is 2. The summed E-state index contributed by atoms with van der Waals surface area (Å²) in [6, 6.07) is 0. The number of aromatic nitrogens is 8. The Kier molecular flexibility index (Phi) is 7.27. The van der Waals surface area contributed by atoms with Crippen molar-refractivity contribution < 1.29 is 56.7 Å². The summed E-state index contributed by atoms with van der Waals surface area (Å²) in [4.78, 5) is 55.7. The van der Waals surface area contributed by atoms with Crippen molar-refractivity contribution in [1.29, 1.82) is 0 Å². The van der Waals surface area contributed by atoms with Crippen molar-refractivity contribution in [1.82, 2.24) is 39.0 Å². The molecule has 4 aromatic heterocycles. The molecule has 0 spiro atoms. The van der Waals surface area contributed by atoms with Gasteiger partial charge in [0, 0.05) is 0 Å². The molecule has 3 fully saturated rings. The van der Waals surface area contributed by atoms with Gasteiger partial charge in [-0.2, -0.15) is 4.98 Å². The second-order valence-corrected chi connectivity index (χ2v) is 13.0. The number of nitrogens with one attached hydrogen (secondary N) is 1. The van der Waals surface area contributed by atoms with Gasteiger partial charge in [0.15, 0.2) is 35.1 Å². The summed E-state index contributed by atoms with van der Waals surface area (Å²) in [6.45, 7) is -1.65. The Labute approximate surface area is 248 Å². The van der Waals surface area contributed by atoms with Gasteiger partial charge in [0.2, 0.25) is 5.95 Å². The lowest BCUT2D eigenvalue weighted by Gasteiger charge is -2.25. The number of aliphatic hydroxyl groups excluding tert-OH is 2. The first kappa shape index (κ1) is 30.2. The monoisotopic (exact) mass is 674 g/mol. The molecule has 0 saturated carbocycles. The molecule has 45 heavy (non-hydrogen) atoms. The molecule has 3 aliphatic rings. The van der Waals surface area contributed by atoms with Crippen LogP contribution in [-0.2, 0) is 36.7 Å². The van der Waals surface area contributed by atoms with Crippen LogP contribution < -0.4 is 17.0 Å². The van der Waals surface area contributed by atoms with Crippen molar-refractivity contribution in [2.75, 3.05) is 24.7 Å². The quantitative estimate of drug-likeness (QED) is 0.109. The molecule has 4 aromatic rings. The molecule has 7 rings (SSSR count). The van der Waals surface area contributed by atoms with Crippen LogP contribution in [0.4, 0.5) is 11.8 Å². The molecule has 0 aliphatic carbocycles. The number of nitrogens with two attached hydrogens (primary N) is 2. The maximum absolute atomic E-state index is 13.2. The van der Waals surface area contributed by atoms with Crippen molar-refractivity contribution in [3.63, 3.8) is 0 Å². The molecule has 0 radical (unpaired) electrons. The number of hydrogen-bond acceptors (Lipinski definition) is 18. The van der Waals surface area contributed by atoms with Crippen molar-refractivity contribution in [2.45, 2.75) is 49.1 Å². The number of ether oxygens (including phenoxy) is 2. The van der Waals surface area contributed by atoms with Crippen molar-refractivity contribution in [2.24, 2.45) is 0 Å². The van der Waals surface area contributed by atoms with Crippen LogP contribution in [0.1, 0.15) is 12.5 Å². The number of phosphoric ester groups is 2. The predicted molar refractivity (Wildman–Crippen MR) is 143 cm³/mol. The van der Waals surface area contributed by atoms with E-state index in [1.807, 2.05) is 0 Å². The number of H-pyrrole nitrogens is 1. The third-order valence-corrected chi connectivity index (χ3v) is 9.29. The fourth-order valence-corrected chi connectivity index (χ4v) is 7.19. The van der Waals surface area contributed by atoms with E-state index in [0.29, 0.717) is 0 Å². The fraction of sp³-hybridized carbons (Fsp3) is 0.500. The Bertz CT molecular complexity index is 1940. The fourth-order valence-electron chi connectivity index (χ4n) is 5.30. The smallest absolute Gasteiger partial charge is 0.387 e. The van der Waals surface area contributed by atoms with Gasteiger partial charge < -0.3 is 40.9 Å². The highest BCUT2D eigenvalue weighted by molar-refractivity contribution is 7.47. The Morgan fingerprint density at radius 2 is 1.44 bits per heavy atom. The van der Waals surface area contributed by atoms with Crippen LogP contribution in [-0.4, -0.2) is 109 Å². The van der Waals surface area contributed by atoms with Gasteiger partial charge in [-0.3, -0.25) is 37.0 Å². The maximum Gasteiger partial charge on any atom is 0.472 e. The summed E-state index contributed by atoms with van der Waals surface area (Å²) in [5.74, 6) is -0.250. The third kappa shape index (κ3) is 5.31. The number of phosphoric acid groups is 2. The first-order valence-electron chi connectivity index (χ1n) is 13.0. The molecular weight excluding hydrogens is 650 g/mol. The number of rotatable bonds is 2. The molecular formula is C20H24N10O13P2. The first-order chi connectivity index (χ1) is 21.3. The zero-order valence-corrected chi connectivity index (χ0v) is 24.2. The summed E-state index contributed by atoms with van der Waals surface area (Å²) in [5.41, 5.74) is 10.8. The zero-order valence-electron chi connectivity index (χ0n) is 22.4. The Balaban J connectivity index is 1.21. The summed E-state index contributed by atoms with van der Waals surface area (Å²) >= 11 is 0. The normalized spacial score (nSPS) is 37.7. The number of imidazole rings is 2. The average Bonchev–Trinajstić information content (AvgIpc) is 3.72. The number of aliphatic hydroxyl groups is 2. The molecule has 2 bridgehead atoms. The van der Waals surface area contributed by atoms with E-state index in [4.69, 9.17) is 39.0 Å². The molecule has 9 N–H and O–H groups in total. The minimum atomic E-state index is -5.09.